The molecule has 2 atom stereocenters. The van der Waals surface area contributed by atoms with E-state index in [9.17, 15) is 0 Å². The van der Waals surface area contributed by atoms with Crippen molar-refractivity contribution in [1.82, 2.24) is 15.2 Å². The molecule has 0 spiro atoms. The molecule has 1 heterocycles. The third-order valence-corrected chi connectivity index (χ3v) is 4.62. The summed E-state index contributed by atoms with van der Waals surface area (Å²) in [7, 11) is 4.29. The van der Waals surface area contributed by atoms with Gasteiger partial charge in [0.2, 0.25) is 0 Å². The third kappa shape index (κ3) is 3.85. The summed E-state index contributed by atoms with van der Waals surface area (Å²) in [6.07, 6.45) is 0.787. The van der Waals surface area contributed by atoms with Crippen molar-refractivity contribution in [2.24, 2.45) is 5.84 Å². The van der Waals surface area contributed by atoms with Crippen LogP contribution in [-0.2, 0) is 6.42 Å². The second-order valence-corrected chi connectivity index (χ2v) is 6.37. The summed E-state index contributed by atoms with van der Waals surface area (Å²) in [5.41, 5.74) is 4.02. The molecule has 2 unspecified atom stereocenters. The first-order chi connectivity index (χ1) is 9.51. The molecule has 4 nitrogen and oxygen atoms in total. The van der Waals surface area contributed by atoms with Gasteiger partial charge in [0.15, 0.2) is 0 Å². The summed E-state index contributed by atoms with van der Waals surface area (Å²) in [5, 5.41) is 1.36. The molecule has 112 valence electrons. The van der Waals surface area contributed by atoms with Gasteiger partial charge >= 0.3 is 0 Å². The quantitative estimate of drug-likeness (QED) is 0.654. The maximum absolute atomic E-state index is 6.26. The maximum Gasteiger partial charge on any atom is 0.0453 e. The Morgan fingerprint density at radius 1 is 1.35 bits per heavy atom. The highest BCUT2D eigenvalue weighted by molar-refractivity contribution is 6.35. The van der Waals surface area contributed by atoms with Crippen LogP contribution < -0.4 is 11.3 Å². The van der Waals surface area contributed by atoms with Gasteiger partial charge in [0, 0.05) is 41.8 Å². The number of rotatable bonds is 4. The molecule has 0 bridgehead atoms. The van der Waals surface area contributed by atoms with Crippen molar-refractivity contribution in [2.45, 2.75) is 18.5 Å². The highest BCUT2D eigenvalue weighted by atomic mass is 35.5. The predicted molar refractivity (Wildman–Crippen MR) is 85.2 cm³/mol. The van der Waals surface area contributed by atoms with Crippen LogP contribution >= 0.6 is 23.2 Å². The van der Waals surface area contributed by atoms with Crippen molar-refractivity contribution >= 4 is 23.2 Å². The molecule has 0 amide bonds. The highest BCUT2D eigenvalue weighted by Gasteiger charge is 2.29. The van der Waals surface area contributed by atoms with E-state index in [0.29, 0.717) is 16.1 Å². The number of nitrogens with two attached hydrogens (primary N) is 1. The van der Waals surface area contributed by atoms with Gasteiger partial charge in [-0.15, -0.1) is 0 Å². The molecule has 0 saturated carbocycles. The molecule has 1 aromatic carbocycles. The number of nitrogens with zero attached hydrogens (tertiary/aromatic N) is 2. The second-order valence-electron chi connectivity index (χ2n) is 5.52. The summed E-state index contributed by atoms with van der Waals surface area (Å²) in [4.78, 5) is 4.69. The molecule has 0 aromatic heterocycles. The number of hydrogen-bond donors (Lipinski definition) is 2. The molecule has 1 aliphatic heterocycles. The highest BCUT2D eigenvalue weighted by Crippen LogP contribution is 2.23. The van der Waals surface area contributed by atoms with Crippen LogP contribution in [-0.4, -0.2) is 55.6 Å². The van der Waals surface area contributed by atoms with Crippen LogP contribution in [0.25, 0.3) is 0 Å². The van der Waals surface area contributed by atoms with Gasteiger partial charge in [-0.2, -0.15) is 0 Å². The van der Waals surface area contributed by atoms with E-state index in [1.165, 1.54) is 0 Å². The maximum atomic E-state index is 6.26. The van der Waals surface area contributed by atoms with Crippen molar-refractivity contribution in [1.29, 1.82) is 0 Å². The zero-order valence-corrected chi connectivity index (χ0v) is 13.5. The number of benzene rings is 1. The fourth-order valence-electron chi connectivity index (χ4n) is 2.71. The molecule has 6 heteroatoms. The van der Waals surface area contributed by atoms with Crippen LogP contribution in [0.4, 0.5) is 0 Å². The number of piperazine rings is 1. The van der Waals surface area contributed by atoms with E-state index in [-0.39, 0.29) is 6.04 Å². The minimum absolute atomic E-state index is 0.154. The minimum Gasteiger partial charge on any atom is -0.303 e. The van der Waals surface area contributed by atoms with Crippen LogP contribution in [0.2, 0.25) is 10.0 Å². The van der Waals surface area contributed by atoms with Crippen molar-refractivity contribution in [3.63, 3.8) is 0 Å². The Kier molecular flexibility index (Phi) is 5.66. The molecule has 1 aromatic rings. The van der Waals surface area contributed by atoms with Gasteiger partial charge in [-0.1, -0.05) is 29.3 Å². The Morgan fingerprint density at radius 2 is 2.10 bits per heavy atom. The van der Waals surface area contributed by atoms with E-state index in [4.69, 9.17) is 29.0 Å². The van der Waals surface area contributed by atoms with Gasteiger partial charge in [-0.3, -0.25) is 16.2 Å². The van der Waals surface area contributed by atoms with Crippen LogP contribution in [0, 0.1) is 0 Å². The van der Waals surface area contributed by atoms with Gasteiger partial charge in [0.25, 0.3) is 0 Å². The fraction of sp³-hybridized carbons (Fsp3) is 0.571. The molecule has 3 N–H and O–H groups in total. The summed E-state index contributed by atoms with van der Waals surface area (Å²) in [6.45, 7) is 3.14. The fourth-order valence-corrected chi connectivity index (χ4v) is 3.19. The lowest BCUT2D eigenvalue weighted by Gasteiger charge is -2.41. The topological polar surface area (TPSA) is 44.5 Å². The Bertz CT molecular complexity index is 455. The van der Waals surface area contributed by atoms with Crippen LogP contribution in [0.15, 0.2) is 18.2 Å². The van der Waals surface area contributed by atoms with E-state index < -0.39 is 0 Å². The minimum atomic E-state index is 0.154. The Balaban J connectivity index is 2.11. The normalized spacial score (nSPS) is 22.9. The lowest BCUT2D eigenvalue weighted by molar-refractivity contribution is 0.0877. The summed E-state index contributed by atoms with van der Waals surface area (Å²) in [6, 6.07) is 6.14. The predicted octanol–water partition coefficient (Wildman–Crippen LogP) is 1.61. The molecule has 2 rings (SSSR count). The van der Waals surface area contributed by atoms with E-state index in [1.54, 1.807) is 6.07 Å². The number of nitrogens with one attached hydrogen (secondary N) is 1. The van der Waals surface area contributed by atoms with E-state index >= 15 is 0 Å². The Labute approximate surface area is 130 Å². The van der Waals surface area contributed by atoms with Gasteiger partial charge in [-0.25, -0.2) is 0 Å². The second kappa shape index (κ2) is 7.07. The number of hydrazine groups is 1. The molecule has 1 saturated heterocycles. The molecule has 0 radical (unpaired) electrons. The first-order valence-corrected chi connectivity index (χ1v) is 7.55. The summed E-state index contributed by atoms with van der Waals surface area (Å²) >= 11 is 12.2. The van der Waals surface area contributed by atoms with Crippen molar-refractivity contribution in [3.05, 3.63) is 33.8 Å². The Morgan fingerprint density at radius 3 is 2.75 bits per heavy atom. The first-order valence-electron chi connectivity index (χ1n) is 6.80. The van der Waals surface area contributed by atoms with Gasteiger partial charge in [0.1, 0.15) is 0 Å². The number of likely N-dealkylation sites (N-methyl/N-ethyl adjacent to an activating group) is 2. The zero-order valence-electron chi connectivity index (χ0n) is 11.9. The Hall–Kier alpha value is -0.360. The average Bonchev–Trinajstić information content (AvgIpc) is 2.41. The van der Waals surface area contributed by atoms with Crippen molar-refractivity contribution in [2.75, 3.05) is 33.7 Å². The lowest BCUT2D eigenvalue weighted by Crippen LogP contribution is -2.60. The third-order valence-electron chi connectivity index (χ3n) is 4.03. The monoisotopic (exact) mass is 316 g/mol. The van der Waals surface area contributed by atoms with Gasteiger partial charge in [-0.05, 0) is 38.2 Å². The SMILES string of the molecule is CN1CCN(C)C(C(Cc2ccc(Cl)cc2Cl)NN)C1. The molecular formula is C14H22Cl2N4. The summed E-state index contributed by atoms with van der Waals surface area (Å²) < 4.78 is 0. The van der Waals surface area contributed by atoms with Gasteiger partial charge < -0.3 is 4.90 Å². The lowest BCUT2D eigenvalue weighted by atomic mass is 9.97. The molecule has 1 aliphatic rings. The molecular weight excluding hydrogens is 295 g/mol. The zero-order chi connectivity index (χ0) is 14.7. The smallest absolute Gasteiger partial charge is 0.0453 e. The molecule has 20 heavy (non-hydrogen) atoms. The summed E-state index contributed by atoms with van der Waals surface area (Å²) in [5.74, 6) is 5.77. The van der Waals surface area contributed by atoms with Crippen molar-refractivity contribution < 1.29 is 0 Å². The van der Waals surface area contributed by atoms with Crippen LogP contribution in [0.5, 0.6) is 0 Å². The van der Waals surface area contributed by atoms with Gasteiger partial charge in [0.05, 0.1) is 0 Å². The largest absolute Gasteiger partial charge is 0.303 e. The van der Waals surface area contributed by atoms with Crippen molar-refractivity contribution in [3.8, 4) is 0 Å². The standard InChI is InChI=1S/C14H22Cl2N4/c1-19-5-6-20(2)14(9-19)13(18-17)7-10-3-4-11(15)8-12(10)16/h3-4,8,13-14,18H,5-7,9,17H2,1-2H3. The number of hydrogen-bond acceptors (Lipinski definition) is 4. The molecule has 1 fully saturated rings. The first kappa shape index (κ1) is 16.0. The number of halogens is 2. The van der Waals surface area contributed by atoms with E-state index in [2.05, 4.69) is 29.3 Å². The molecule has 0 aliphatic carbocycles. The van der Waals surface area contributed by atoms with Crippen LogP contribution in [0.1, 0.15) is 5.56 Å². The van der Waals surface area contributed by atoms with Crippen LogP contribution in [0.3, 0.4) is 0 Å². The van der Waals surface area contributed by atoms with E-state index in [1.807, 2.05) is 12.1 Å². The average molecular weight is 317 g/mol. The van der Waals surface area contributed by atoms with E-state index in [0.717, 1.165) is 31.6 Å².